The van der Waals surface area contributed by atoms with E-state index in [0.29, 0.717) is 48.2 Å². The third-order valence-electron chi connectivity index (χ3n) is 5.40. The molecule has 0 bridgehead atoms. The van der Waals surface area contributed by atoms with E-state index < -0.39 is 0 Å². The number of nitrogens with one attached hydrogen (secondary N) is 2. The second kappa shape index (κ2) is 10.9. The summed E-state index contributed by atoms with van der Waals surface area (Å²) in [5.41, 5.74) is 1.99. The Morgan fingerprint density at radius 1 is 1.06 bits per heavy atom. The maximum Gasteiger partial charge on any atom is 0.264 e. The summed E-state index contributed by atoms with van der Waals surface area (Å²) in [4.78, 5) is 29.8. The Hall–Kier alpha value is -3.14. The number of amides is 2. The molecule has 0 unspecified atom stereocenters. The number of piperazine rings is 1. The van der Waals surface area contributed by atoms with Gasteiger partial charge in [0.1, 0.15) is 5.75 Å². The zero-order chi connectivity index (χ0) is 24.1. The monoisotopic (exact) mass is 514 g/mol. The highest BCUT2D eigenvalue weighted by Gasteiger charge is 2.24. The average Bonchev–Trinajstić information content (AvgIpc) is 3.39. The van der Waals surface area contributed by atoms with Gasteiger partial charge in [0, 0.05) is 37.4 Å². The minimum atomic E-state index is -0.339. The molecule has 2 amide bonds. The first-order valence-electron chi connectivity index (χ1n) is 10.6. The Morgan fingerprint density at radius 2 is 1.85 bits per heavy atom. The van der Waals surface area contributed by atoms with Gasteiger partial charge in [-0.05, 0) is 60.1 Å². The lowest BCUT2D eigenvalue weighted by Gasteiger charge is -2.36. The first-order valence-corrected chi connectivity index (χ1v) is 12.2. The predicted molar refractivity (Wildman–Crippen MR) is 141 cm³/mol. The fraction of sp³-hybridized carbons (Fsp3) is 0.208. The molecule has 0 radical (unpaired) electrons. The number of nitrogens with zero attached hydrogens (tertiary/aromatic N) is 2. The number of hydrogen-bond acceptors (Lipinski definition) is 6. The van der Waals surface area contributed by atoms with E-state index >= 15 is 0 Å². The first-order chi connectivity index (χ1) is 16.4. The molecule has 0 aliphatic carbocycles. The fourth-order valence-electron chi connectivity index (χ4n) is 3.65. The van der Waals surface area contributed by atoms with Crippen LogP contribution in [-0.2, 0) is 0 Å². The highest BCUT2D eigenvalue weighted by Crippen LogP contribution is 2.30. The average molecular weight is 515 g/mol. The van der Waals surface area contributed by atoms with Crippen LogP contribution in [0.2, 0.25) is 5.02 Å². The van der Waals surface area contributed by atoms with Gasteiger partial charge >= 0.3 is 0 Å². The van der Waals surface area contributed by atoms with Crippen LogP contribution >= 0.6 is 35.2 Å². The van der Waals surface area contributed by atoms with Crippen LogP contribution in [0, 0.1) is 0 Å². The largest absolute Gasteiger partial charge is 0.497 e. The van der Waals surface area contributed by atoms with Crippen molar-refractivity contribution < 1.29 is 14.3 Å². The number of carbonyl (C=O) groups excluding carboxylic acids is 2. The summed E-state index contributed by atoms with van der Waals surface area (Å²) in [6.45, 7) is 2.65. The van der Waals surface area contributed by atoms with Crippen molar-refractivity contribution in [3.63, 3.8) is 0 Å². The Labute approximate surface area is 212 Å². The maximum atomic E-state index is 12.6. The minimum absolute atomic E-state index is 0.0739. The number of rotatable bonds is 5. The summed E-state index contributed by atoms with van der Waals surface area (Å²) in [6.07, 6.45) is 0. The smallest absolute Gasteiger partial charge is 0.264 e. The molecule has 2 aromatic carbocycles. The Balaban J connectivity index is 1.33. The molecule has 1 aliphatic rings. The quantitative estimate of drug-likeness (QED) is 0.488. The van der Waals surface area contributed by atoms with Crippen molar-refractivity contribution >= 4 is 63.5 Å². The van der Waals surface area contributed by atoms with Gasteiger partial charge in [0.2, 0.25) is 0 Å². The molecular weight excluding hydrogens is 492 g/mol. The van der Waals surface area contributed by atoms with Gasteiger partial charge in [-0.1, -0.05) is 23.7 Å². The summed E-state index contributed by atoms with van der Waals surface area (Å²) in [5.74, 6) is 0.324. The van der Waals surface area contributed by atoms with E-state index in [4.69, 9.17) is 28.6 Å². The fourth-order valence-corrected chi connectivity index (χ4v) is 4.85. The van der Waals surface area contributed by atoms with Crippen LogP contribution in [0.25, 0.3) is 0 Å². The van der Waals surface area contributed by atoms with Gasteiger partial charge in [0.15, 0.2) is 5.11 Å². The van der Waals surface area contributed by atoms with Gasteiger partial charge in [0.05, 0.1) is 22.7 Å². The van der Waals surface area contributed by atoms with Crippen molar-refractivity contribution in [3.05, 3.63) is 75.4 Å². The lowest BCUT2D eigenvalue weighted by Crippen LogP contribution is -2.48. The second-order valence-corrected chi connectivity index (χ2v) is 9.33. The topological polar surface area (TPSA) is 73.9 Å². The van der Waals surface area contributed by atoms with Crippen LogP contribution in [0.3, 0.4) is 0 Å². The Bertz CT molecular complexity index is 1190. The summed E-state index contributed by atoms with van der Waals surface area (Å²) >= 11 is 13.3. The van der Waals surface area contributed by atoms with Gasteiger partial charge in [-0.25, -0.2) is 0 Å². The number of benzene rings is 2. The molecule has 0 atom stereocenters. The first kappa shape index (κ1) is 24.0. The normalized spacial score (nSPS) is 13.4. The molecule has 4 rings (SSSR count). The molecule has 3 aromatic rings. The summed E-state index contributed by atoms with van der Waals surface area (Å²) in [5, 5.41) is 8.29. The number of thiocarbonyl (C=S) groups is 1. The van der Waals surface area contributed by atoms with Gasteiger partial charge in [-0.2, -0.15) is 0 Å². The Kier molecular flexibility index (Phi) is 7.66. The molecule has 2 N–H and O–H groups in total. The summed E-state index contributed by atoms with van der Waals surface area (Å²) in [7, 11) is 1.54. The van der Waals surface area contributed by atoms with Crippen molar-refractivity contribution in [2.24, 2.45) is 0 Å². The molecule has 2 heterocycles. The lowest BCUT2D eigenvalue weighted by molar-refractivity contribution is 0.0751. The van der Waals surface area contributed by atoms with E-state index in [9.17, 15) is 9.59 Å². The van der Waals surface area contributed by atoms with Gasteiger partial charge in [0.25, 0.3) is 11.8 Å². The maximum absolute atomic E-state index is 12.6. The molecule has 7 nitrogen and oxygen atoms in total. The van der Waals surface area contributed by atoms with Crippen molar-refractivity contribution in [2.75, 3.05) is 43.5 Å². The van der Waals surface area contributed by atoms with E-state index in [2.05, 4.69) is 15.5 Å². The molecule has 0 saturated carbocycles. The van der Waals surface area contributed by atoms with Crippen molar-refractivity contribution in [2.45, 2.75) is 0 Å². The molecular formula is C24H23ClN4O3S2. The van der Waals surface area contributed by atoms with Crippen LogP contribution in [0.4, 0.5) is 11.4 Å². The summed E-state index contributed by atoms with van der Waals surface area (Å²) < 4.78 is 5.15. The second-order valence-electron chi connectivity index (χ2n) is 7.56. The Morgan fingerprint density at radius 3 is 2.53 bits per heavy atom. The number of methoxy groups -OCH3 is 1. The zero-order valence-corrected chi connectivity index (χ0v) is 20.8. The molecule has 1 saturated heterocycles. The van der Waals surface area contributed by atoms with Crippen LogP contribution in [0.5, 0.6) is 5.75 Å². The third kappa shape index (κ3) is 5.67. The van der Waals surface area contributed by atoms with Crippen LogP contribution in [0.1, 0.15) is 20.0 Å². The molecule has 1 aliphatic heterocycles. The molecule has 1 fully saturated rings. The van der Waals surface area contributed by atoms with Crippen LogP contribution < -0.4 is 20.3 Å². The lowest BCUT2D eigenvalue weighted by atomic mass is 10.2. The number of carbonyl (C=O) groups is 2. The minimum Gasteiger partial charge on any atom is -0.497 e. The van der Waals surface area contributed by atoms with Gasteiger partial charge in [-0.3, -0.25) is 14.9 Å². The van der Waals surface area contributed by atoms with Gasteiger partial charge < -0.3 is 19.9 Å². The molecule has 176 valence electrons. The standard InChI is InChI=1S/C24H23ClN4O3S2/c1-32-18-5-2-4-16(14-18)22(30)27-24(33)26-17-7-8-20(19(25)15-17)28-9-11-29(12-10-28)23(31)21-6-3-13-34-21/h2-8,13-15H,9-12H2,1H3,(H2,26,27,30,33). The van der Waals surface area contributed by atoms with E-state index in [1.807, 2.05) is 34.5 Å². The molecule has 10 heteroatoms. The van der Waals surface area contributed by atoms with E-state index in [0.717, 1.165) is 10.6 Å². The number of hydrogen-bond donors (Lipinski definition) is 2. The third-order valence-corrected chi connectivity index (χ3v) is 6.77. The van der Waals surface area contributed by atoms with Crippen molar-refractivity contribution in [3.8, 4) is 5.75 Å². The van der Waals surface area contributed by atoms with Crippen LogP contribution in [-0.4, -0.2) is 55.1 Å². The number of anilines is 2. The number of ether oxygens (including phenoxy) is 1. The molecule has 34 heavy (non-hydrogen) atoms. The van der Waals surface area contributed by atoms with E-state index in [1.165, 1.54) is 11.3 Å². The van der Waals surface area contributed by atoms with E-state index in [1.54, 1.807) is 37.4 Å². The zero-order valence-electron chi connectivity index (χ0n) is 18.4. The molecule has 1 aromatic heterocycles. The van der Waals surface area contributed by atoms with Crippen LogP contribution in [0.15, 0.2) is 60.0 Å². The summed E-state index contributed by atoms with van der Waals surface area (Å²) in [6, 6.07) is 16.1. The van der Waals surface area contributed by atoms with Crippen molar-refractivity contribution in [1.82, 2.24) is 10.2 Å². The van der Waals surface area contributed by atoms with E-state index in [-0.39, 0.29) is 16.9 Å². The van der Waals surface area contributed by atoms with Gasteiger partial charge in [-0.15, -0.1) is 11.3 Å². The number of halogens is 1. The SMILES string of the molecule is COc1cccc(C(=O)NC(=S)Nc2ccc(N3CCN(C(=O)c4cccs4)CC3)c(Cl)c2)c1. The van der Waals surface area contributed by atoms with Crippen molar-refractivity contribution in [1.29, 1.82) is 0 Å². The predicted octanol–water partition coefficient (Wildman–Crippen LogP) is 4.50. The highest BCUT2D eigenvalue weighted by atomic mass is 35.5. The highest BCUT2D eigenvalue weighted by molar-refractivity contribution is 7.80. The number of thiophene rings is 1. The molecule has 0 spiro atoms.